The molecule has 7 heteroatoms. The predicted octanol–water partition coefficient (Wildman–Crippen LogP) is 2.28. The highest BCUT2D eigenvalue weighted by Gasteiger charge is 2.37. The van der Waals surface area contributed by atoms with Crippen molar-refractivity contribution < 1.29 is 12.8 Å². The third kappa shape index (κ3) is 2.94. The number of nitrogens with two attached hydrogens (primary N) is 1. The molecule has 2 rings (SSSR count). The number of benzene rings is 1. The van der Waals surface area contributed by atoms with E-state index in [4.69, 9.17) is 5.73 Å². The fraction of sp³-hybridized carbons (Fsp3) is 0.538. The van der Waals surface area contributed by atoms with Crippen LogP contribution in [0.15, 0.2) is 17.0 Å². The Morgan fingerprint density at radius 3 is 2.60 bits per heavy atom. The minimum atomic E-state index is -3.66. The lowest BCUT2D eigenvalue weighted by Crippen LogP contribution is -2.45. The smallest absolute Gasteiger partial charge is 0.240 e. The van der Waals surface area contributed by atoms with Crippen molar-refractivity contribution in [2.24, 2.45) is 0 Å². The SMILES string of the molecule is CSC1(CNS(=O)(=O)c2cc(N)c(F)cc2C)CCC1. The van der Waals surface area contributed by atoms with E-state index in [1.165, 1.54) is 6.07 Å². The summed E-state index contributed by atoms with van der Waals surface area (Å²) in [7, 11) is -3.66. The highest BCUT2D eigenvalue weighted by Crippen LogP contribution is 2.42. The normalized spacial score (nSPS) is 17.8. The molecule has 0 atom stereocenters. The highest BCUT2D eigenvalue weighted by molar-refractivity contribution is 8.00. The molecule has 0 aromatic heterocycles. The van der Waals surface area contributed by atoms with Crippen LogP contribution < -0.4 is 10.5 Å². The van der Waals surface area contributed by atoms with E-state index in [1.807, 2.05) is 6.26 Å². The van der Waals surface area contributed by atoms with E-state index in [2.05, 4.69) is 4.72 Å². The molecule has 3 N–H and O–H groups in total. The zero-order chi connectivity index (χ0) is 15.0. The number of halogens is 1. The van der Waals surface area contributed by atoms with Crippen molar-refractivity contribution in [2.75, 3.05) is 18.5 Å². The van der Waals surface area contributed by atoms with Gasteiger partial charge < -0.3 is 5.73 Å². The van der Waals surface area contributed by atoms with E-state index in [0.717, 1.165) is 25.3 Å². The summed E-state index contributed by atoms with van der Waals surface area (Å²) in [5, 5.41) is 0. The number of hydrogen-bond acceptors (Lipinski definition) is 4. The minimum Gasteiger partial charge on any atom is -0.396 e. The summed E-state index contributed by atoms with van der Waals surface area (Å²) in [6, 6.07) is 2.33. The molecule has 1 aromatic carbocycles. The van der Waals surface area contributed by atoms with Gasteiger partial charge in [-0.15, -0.1) is 0 Å². The molecule has 0 heterocycles. The Hall–Kier alpha value is -0.790. The number of rotatable bonds is 5. The van der Waals surface area contributed by atoms with Crippen molar-refractivity contribution in [3.8, 4) is 0 Å². The van der Waals surface area contributed by atoms with Crippen LogP contribution in [0.3, 0.4) is 0 Å². The zero-order valence-corrected chi connectivity index (χ0v) is 13.2. The molecule has 0 saturated heterocycles. The molecular weight excluding hydrogens is 299 g/mol. The summed E-state index contributed by atoms with van der Waals surface area (Å²) in [6.45, 7) is 1.96. The van der Waals surface area contributed by atoms with Gasteiger partial charge >= 0.3 is 0 Å². The number of anilines is 1. The maximum Gasteiger partial charge on any atom is 0.240 e. The number of hydrogen-bond donors (Lipinski definition) is 2. The first-order valence-corrected chi connectivity index (χ1v) is 9.11. The van der Waals surface area contributed by atoms with Gasteiger partial charge in [0.25, 0.3) is 0 Å². The van der Waals surface area contributed by atoms with E-state index < -0.39 is 15.8 Å². The van der Waals surface area contributed by atoms with Crippen molar-refractivity contribution in [3.63, 3.8) is 0 Å². The lowest BCUT2D eigenvalue weighted by Gasteiger charge is -2.40. The van der Waals surface area contributed by atoms with Crippen LogP contribution in [-0.2, 0) is 10.0 Å². The first kappa shape index (κ1) is 15.6. The second kappa shape index (κ2) is 5.54. The molecule has 1 aliphatic carbocycles. The molecule has 1 aromatic rings. The summed E-state index contributed by atoms with van der Waals surface area (Å²) in [5.41, 5.74) is 5.66. The first-order valence-electron chi connectivity index (χ1n) is 6.40. The number of sulfonamides is 1. The topological polar surface area (TPSA) is 72.2 Å². The van der Waals surface area contributed by atoms with Gasteiger partial charge in [-0.25, -0.2) is 17.5 Å². The number of nitrogen functional groups attached to an aromatic ring is 1. The average molecular weight is 318 g/mol. The summed E-state index contributed by atoms with van der Waals surface area (Å²) < 4.78 is 40.6. The zero-order valence-electron chi connectivity index (χ0n) is 11.6. The molecule has 0 unspecified atom stereocenters. The van der Waals surface area contributed by atoms with E-state index in [9.17, 15) is 12.8 Å². The van der Waals surface area contributed by atoms with Crippen LogP contribution >= 0.6 is 11.8 Å². The summed E-state index contributed by atoms with van der Waals surface area (Å²) in [6.07, 6.45) is 5.15. The van der Waals surface area contributed by atoms with Crippen LogP contribution in [0.25, 0.3) is 0 Å². The molecule has 112 valence electrons. The van der Waals surface area contributed by atoms with Gasteiger partial charge in [-0.2, -0.15) is 11.8 Å². The standard InChI is InChI=1S/C13H19FN2O2S2/c1-9-6-10(14)11(15)7-12(9)20(17,18)16-8-13(19-2)4-3-5-13/h6-7,16H,3-5,8,15H2,1-2H3. The Morgan fingerprint density at radius 1 is 1.45 bits per heavy atom. The van der Waals surface area contributed by atoms with Crippen LogP contribution in [0, 0.1) is 12.7 Å². The lowest BCUT2D eigenvalue weighted by molar-refractivity contribution is 0.362. The molecule has 1 fully saturated rings. The second-order valence-corrected chi connectivity index (χ2v) is 8.21. The molecule has 0 amide bonds. The third-order valence-electron chi connectivity index (χ3n) is 3.87. The number of nitrogens with one attached hydrogen (secondary N) is 1. The predicted molar refractivity (Wildman–Crippen MR) is 80.8 cm³/mol. The van der Waals surface area contributed by atoms with Crippen LogP contribution in [0.4, 0.5) is 10.1 Å². The lowest BCUT2D eigenvalue weighted by atomic mass is 9.84. The van der Waals surface area contributed by atoms with Gasteiger partial charge in [0.2, 0.25) is 10.0 Å². The van der Waals surface area contributed by atoms with Gasteiger partial charge in [-0.3, -0.25) is 0 Å². The largest absolute Gasteiger partial charge is 0.396 e. The molecule has 1 saturated carbocycles. The molecule has 1 aliphatic rings. The van der Waals surface area contributed by atoms with Gasteiger partial charge in [0.15, 0.2) is 0 Å². The average Bonchev–Trinajstić information content (AvgIpc) is 2.32. The third-order valence-corrected chi connectivity index (χ3v) is 6.83. The molecule has 0 bridgehead atoms. The maximum absolute atomic E-state index is 13.3. The summed E-state index contributed by atoms with van der Waals surface area (Å²) in [4.78, 5) is 0.0481. The van der Waals surface area contributed by atoms with Gasteiger partial charge in [-0.05, 0) is 43.7 Å². The van der Waals surface area contributed by atoms with Gasteiger partial charge in [0.05, 0.1) is 10.6 Å². The maximum atomic E-state index is 13.3. The van der Waals surface area contributed by atoms with E-state index in [1.54, 1.807) is 18.7 Å². The molecule has 20 heavy (non-hydrogen) atoms. The van der Waals surface area contributed by atoms with Crippen molar-refractivity contribution >= 4 is 27.5 Å². The fourth-order valence-electron chi connectivity index (χ4n) is 2.29. The quantitative estimate of drug-likeness (QED) is 0.817. The van der Waals surface area contributed by atoms with Gasteiger partial charge in [0, 0.05) is 11.3 Å². The van der Waals surface area contributed by atoms with E-state index in [-0.39, 0.29) is 15.3 Å². The molecule has 0 spiro atoms. The minimum absolute atomic E-state index is 0.00650. The van der Waals surface area contributed by atoms with Crippen LogP contribution in [0.1, 0.15) is 24.8 Å². The van der Waals surface area contributed by atoms with Crippen LogP contribution in [-0.4, -0.2) is 26.0 Å². The van der Waals surface area contributed by atoms with E-state index >= 15 is 0 Å². The number of thioether (sulfide) groups is 1. The Balaban J connectivity index is 2.20. The van der Waals surface area contributed by atoms with Gasteiger partial charge in [0.1, 0.15) is 5.82 Å². The second-order valence-electron chi connectivity index (χ2n) is 5.20. The van der Waals surface area contributed by atoms with Crippen molar-refractivity contribution in [1.29, 1.82) is 0 Å². The molecule has 4 nitrogen and oxygen atoms in total. The van der Waals surface area contributed by atoms with E-state index in [0.29, 0.717) is 12.1 Å². The summed E-state index contributed by atoms with van der Waals surface area (Å²) in [5.74, 6) is -0.596. The van der Waals surface area contributed by atoms with Crippen molar-refractivity contribution in [3.05, 3.63) is 23.5 Å². The van der Waals surface area contributed by atoms with Crippen molar-refractivity contribution in [1.82, 2.24) is 4.72 Å². The Morgan fingerprint density at radius 2 is 2.10 bits per heavy atom. The van der Waals surface area contributed by atoms with Crippen LogP contribution in [0.2, 0.25) is 0 Å². The Kier molecular flexibility index (Phi) is 4.32. The Bertz CT molecular complexity index is 608. The first-order chi connectivity index (χ1) is 9.30. The molecule has 0 aliphatic heterocycles. The number of aryl methyl sites for hydroxylation is 1. The van der Waals surface area contributed by atoms with Gasteiger partial charge in [-0.1, -0.05) is 6.42 Å². The molecular formula is C13H19FN2O2S2. The van der Waals surface area contributed by atoms with Crippen molar-refractivity contribution in [2.45, 2.75) is 35.8 Å². The Labute approximate surface area is 123 Å². The fourth-order valence-corrected chi connectivity index (χ4v) is 4.68. The summed E-state index contributed by atoms with van der Waals surface area (Å²) >= 11 is 1.69. The highest BCUT2D eigenvalue weighted by atomic mass is 32.2. The molecule has 0 radical (unpaired) electrons. The van der Waals surface area contributed by atoms with Crippen LogP contribution in [0.5, 0.6) is 0 Å². The monoisotopic (exact) mass is 318 g/mol.